The first kappa shape index (κ1) is 17.5. The van der Waals surface area contributed by atoms with Crippen molar-refractivity contribution in [3.63, 3.8) is 0 Å². The van der Waals surface area contributed by atoms with Crippen molar-refractivity contribution in [2.45, 2.75) is 45.3 Å². The molecule has 22 heavy (non-hydrogen) atoms. The van der Waals surface area contributed by atoms with Crippen molar-refractivity contribution in [2.24, 2.45) is 5.41 Å². The van der Waals surface area contributed by atoms with Gasteiger partial charge in [-0.15, -0.1) is 0 Å². The van der Waals surface area contributed by atoms with Crippen LogP contribution in [0.15, 0.2) is 0 Å². The maximum absolute atomic E-state index is 12.4. The number of aliphatic hydroxyl groups excluding tert-OH is 1. The van der Waals surface area contributed by atoms with Crippen molar-refractivity contribution in [3.05, 3.63) is 0 Å². The van der Waals surface area contributed by atoms with E-state index in [-0.39, 0.29) is 30.2 Å². The van der Waals surface area contributed by atoms with Gasteiger partial charge >= 0.3 is 6.03 Å². The van der Waals surface area contributed by atoms with Crippen LogP contribution in [0, 0.1) is 5.41 Å². The summed E-state index contributed by atoms with van der Waals surface area (Å²) in [7, 11) is 2.08. The maximum Gasteiger partial charge on any atom is 0.317 e. The lowest BCUT2D eigenvalue weighted by Crippen LogP contribution is -2.55. The predicted octanol–water partition coefficient (Wildman–Crippen LogP) is 0.900. The van der Waals surface area contributed by atoms with Crippen molar-refractivity contribution in [2.75, 3.05) is 46.4 Å². The molecule has 2 aliphatic heterocycles. The normalized spacial score (nSPS) is 27.5. The van der Waals surface area contributed by atoms with Gasteiger partial charge in [-0.3, -0.25) is 0 Å². The Labute approximate surface area is 133 Å². The average molecular weight is 313 g/mol. The number of urea groups is 1. The number of hydrogen-bond donors (Lipinski definition) is 2. The molecule has 2 fully saturated rings. The third kappa shape index (κ3) is 4.12. The second-order valence-electron chi connectivity index (χ2n) is 6.91. The molecular weight excluding hydrogens is 282 g/mol. The number of amides is 2. The van der Waals surface area contributed by atoms with Gasteiger partial charge in [0.1, 0.15) is 0 Å². The lowest BCUT2D eigenvalue weighted by atomic mass is 9.77. The second kappa shape index (κ2) is 7.62. The zero-order chi connectivity index (χ0) is 16.2. The number of nitrogens with one attached hydrogen (secondary N) is 1. The number of ether oxygens (including phenoxy) is 1. The third-order valence-electron chi connectivity index (χ3n) is 5.40. The molecule has 0 radical (unpaired) electrons. The van der Waals surface area contributed by atoms with Crippen LogP contribution < -0.4 is 5.32 Å². The molecule has 0 unspecified atom stereocenters. The number of morpholine rings is 1. The van der Waals surface area contributed by atoms with E-state index in [4.69, 9.17) is 4.74 Å². The fourth-order valence-corrected chi connectivity index (χ4v) is 3.30. The van der Waals surface area contributed by atoms with Gasteiger partial charge in [-0.1, -0.05) is 6.92 Å². The molecule has 128 valence electrons. The zero-order valence-corrected chi connectivity index (χ0v) is 14.2. The summed E-state index contributed by atoms with van der Waals surface area (Å²) in [5.41, 5.74) is 0.0115. The Hall–Kier alpha value is -0.850. The molecule has 2 amide bonds. The van der Waals surface area contributed by atoms with Crippen LogP contribution in [-0.4, -0.2) is 79.5 Å². The van der Waals surface area contributed by atoms with Crippen LogP contribution in [0.5, 0.6) is 0 Å². The van der Waals surface area contributed by atoms with E-state index < -0.39 is 0 Å². The number of piperidine rings is 1. The van der Waals surface area contributed by atoms with E-state index in [0.717, 1.165) is 52.0 Å². The Bertz CT molecular complexity index is 364. The third-order valence-corrected chi connectivity index (χ3v) is 5.40. The van der Waals surface area contributed by atoms with Crippen LogP contribution in [0.25, 0.3) is 0 Å². The topological polar surface area (TPSA) is 65.0 Å². The minimum atomic E-state index is -0.00744. The molecule has 0 aromatic heterocycles. The molecular formula is C16H31N3O3. The van der Waals surface area contributed by atoms with Gasteiger partial charge in [-0.2, -0.15) is 0 Å². The van der Waals surface area contributed by atoms with Crippen LogP contribution in [-0.2, 0) is 4.74 Å². The Morgan fingerprint density at radius 1 is 1.41 bits per heavy atom. The van der Waals surface area contributed by atoms with E-state index in [0.29, 0.717) is 0 Å². The molecule has 2 N–H and O–H groups in total. The highest BCUT2D eigenvalue weighted by molar-refractivity contribution is 5.74. The number of aliphatic hydroxyl groups is 1. The number of carbonyl (C=O) groups is 1. The van der Waals surface area contributed by atoms with Gasteiger partial charge in [-0.25, -0.2) is 4.79 Å². The fourth-order valence-electron chi connectivity index (χ4n) is 3.30. The molecule has 2 heterocycles. The predicted molar refractivity (Wildman–Crippen MR) is 85.8 cm³/mol. The Morgan fingerprint density at radius 2 is 2.09 bits per heavy atom. The van der Waals surface area contributed by atoms with E-state index in [1.165, 1.54) is 0 Å². The fraction of sp³-hybridized carbons (Fsp3) is 0.938. The van der Waals surface area contributed by atoms with E-state index in [9.17, 15) is 9.90 Å². The molecule has 2 rings (SSSR count). The molecule has 2 atom stereocenters. The van der Waals surface area contributed by atoms with E-state index in [2.05, 4.69) is 24.2 Å². The van der Waals surface area contributed by atoms with Crippen LogP contribution in [0.3, 0.4) is 0 Å². The minimum Gasteiger partial charge on any atom is -0.396 e. The van der Waals surface area contributed by atoms with Crippen LogP contribution >= 0.6 is 0 Å². The first-order valence-electron chi connectivity index (χ1n) is 8.46. The smallest absolute Gasteiger partial charge is 0.317 e. The largest absolute Gasteiger partial charge is 0.396 e. The van der Waals surface area contributed by atoms with E-state index >= 15 is 0 Å². The summed E-state index contributed by atoms with van der Waals surface area (Å²) in [4.78, 5) is 16.5. The number of likely N-dealkylation sites (N-methyl/N-ethyl adjacent to an activating group) is 1. The van der Waals surface area contributed by atoms with Crippen LogP contribution in [0.2, 0.25) is 0 Å². The summed E-state index contributed by atoms with van der Waals surface area (Å²) in [5, 5.41) is 12.6. The first-order valence-corrected chi connectivity index (χ1v) is 8.46. The quantitative estimate of drug-likeness (QED) is 0.809. The van der Waals surface area contributed by atoms with Crippen molar-refractivity contribution in [1.29, 1.82) is 0 Å². The molecule has 0 bridgehead atoms. The van der Waals surface area contributed by atoms with E-state index in [1.807, 2.05) is 11.8 Å². The number of likely N-dealkylation sites (tertiary alicyclic amines) is 1. The maximum atomic E-state index is 12.4. The second-order valence-corrected chi connectivity index (χ2v) is 6.91. The summed E-state index contributed by atoms with van der Waals surface area (Å²) in [6, 6.07) is -0.00193. The van der Waals surface area contributed by atoms with Crippen LogP contribution in [0.4, 0.5) is 4.79 Å². The van der Waals surface area contributed by atoms with Crippen molar-refractivity contribution < 1.29 is 14.6 Å². The Kier molecular flexibility index (Phi) is 6.06. The number of rotatable bonds is 4. The monoisotopic (exact) mass is 313 g/mol. The van der Waals surface area contributed by atoms with Gasteiger partial charge < -0.3 is 25.0 Å². The molecule has 0 aromatic carbocycles. The standard InChI is InChI=1S/C16H31N3O3/c1-4-16(12-20)5-7-19(8-6-16)15(21)17-13(2)14-11-18(3)9-10-22-14/h13-14,20H,4-12H2,1-3H3,(H,17,21)/t13-,14-/m1/s1. The molecule has 0 saturated carbocycles. The average Bonchev–Trinajstić information content (AvgIpc) is 2.54. The molecule has 6 nitrogen and oxygen atoms in total. The van der Waals surface area contributed by atoms with Crippen molar-refractivity contribution in [1.82, 2.24) is 15.1 Å². The van der Waals surface area contributed by atoms with Crippen LogP contribution in [0.1, 0.15) is 33.1 Å². The lowest BCUT2D eigenvalue weighted by molar-refractivity contribution is -0.0344. The van der Waals surface area contributed by atoms with Crippen molar-refractivity contribution >= 4 is 6.03 Å². The summed E-state index contributed by atoms with van der Waals surface area (Å²) in [6.45, 7) is 8.31. The number of nitrogens with zero attached hydrogens (tertiary/aromatic N) is 2. The summed E-state index contributed by atoms with van der Waals surface area (Å²) in [5.74, 6) is 0. The van der Waals surface area contributed by atoms with Crippen molar-refractivity contribution in [3.8, 4) is 0 Å². The molecule has 6 heteroatoms. The van der Waals surface area contributed by atoms with Gasteiger partial charge in [0.05, 0.1) is 18.8 Å². The molecule has 2 saturated heterocycles. The lowest BCUT2D eigenvalue weighted by Gasteiger charge is -2.41. The SMILES string of the molecule is CCC1(CO)CCN(C(=O)N[C@H](C)[C@H]2CN(C)CCO2)CC1. The van der Waals surface area contributed by atoms with Gasteiger partial charge in [-0.05, 0) is 38.6 Å². The molecule has 2 aliphatic rings. The number of carbonyl (C=O) groups excluding carboxylic acids is 1. The molecule has 0 spiro atoms. The highest BCUT2D eigenvalue weighted by Crippen LogP contribution is 2.34. The summed E-state index contributed by atoms with van der Waals surface area (Å²) in [6.07, 6.45) is 2.78. The van der Waals surface area contributed by atoms with Gasteiger partial charge in [0.25, 0.3) is 0 Å². The summed E-state index contributed by atoms with van der Waals surface area (Å²) < 4.78 is 5.76. The molecule has 0 aliphatic carbocycles. The molecule has 0 aromatic rings. The van der Waals surface area contributed by atoms with Gasteiger partial charge in [0.15, 0.2) is 0 Å². The first-order chi connectivity index (χ1) is 10.5. The highest BCUT2D eigenvalue weighted by atomic mass is 16.5. The Balaban J connectivity index is 1.80. The zero-order valence-electron chi connectivity index (χ0n) is 14.2. The minimum absolute atomic E-state index is 0.00551. The summed E-state index contributed by atoms with van der Waals surface area (Å²) >= 11 is 0. The Morgan fingerprint density at radius 3 is 2.64 bits per heavy atom. The van der Waals surface area contributed by atoms with Gasteiger partial charge in [0, 0.05) is 32.8 Å². The van der Waals surface area contributed by atoms with Gasteiger partial charge in [0.2, 0.25) is 0 Å². The highest BCUT2D eigenvalue weighted by Gasteiger charge is 2.34. The number of hydrogen-bond acceptors (Lipinski definition) is 4. The van der Waals surface area contributed by atoms with E-state index in [1.54, 1.807) is 0 Å².